The first-order valence-electron chi connectivity index (χ1n) is 8.75. The van der Waals surface area contributed by atoms with Crippen LogP contribution in [0.25, 0.3) is 0 Å². The van der Waals surface area contributed by atoms with Gasteiger partial charge in [0.2, 0.25) is 0 Å². The van der Waals surface area contributed by atoms with Gasteiger partial charge in [-0.2, -0.15) is 13.2 Å². The van der Waals surface area contributed by atoms with Crippen LogP contribution < -0.4 is 0 Å². The highest BCUT2D eigenvalue weighted by Gasteiger charge is 2.56. The molecule has 0 amide bonds. The van der Waals surface area contributed by atoms with E-state index < -0.39 is 23.7 Å². The first-order chi connectivity index (χ1) is 12.3. The van der Waals surface area contributed by atoms with Crippen molar-refractivity contribution in [2.75, 3.05) is 26.3 Å². The maximum absolute atomic E-state index is 14.0. The Kier molecular flexibility index (Phi) is 5.58. The van der Waals surface area contributed by atoms with Gasteiger partial charge in [-0.15, -0.1) is 0 Å². The van der Waals surface area contributed by atoms with Crippen molar-refractivity contribution in [1.82, 2.24) is 4.90 Å². The summed E-state index contributed by atoms with van der Waals surface area (Å²) in [6, 6.07) is 2.63. The van der Waals surface area contributed by atoms with Crippen LogP contribution in [-0.4, -0.2) is 53.6 Å². The number of halogens is 4. The smallest absolute Gasteiger partial charge is 0.394 e. The van der Waals surface area contributed by atoms with Gasteiger partial charge in [0.15, 0.2) is 0 Å². The van der Waals surface area contributed by atoms with Crippen molar-refractivity contribution in [3.63, 3.8) is 0 Å². The number of rotatable bonds is 5. The number of hydrogen-bond acceptors (Lipinski definition) is 4. The normalized spacial score (nSPS) is 26.1. The number of benzene rings is 1. The molecule has 4 nitrogen and oxygen atoms in total. The predicted molar refractivity (Wildman–Crippen MR) is 85.8 cm³/mol. The van der Waals surface area contributed by atoms with Crippen molar-refractivity contribution in [3.05, 3.63) is 35.1 Å². The molecule has 3 rings (SSSR count). The van der Waals surface area contributed by atoms with Crippen LogP contribution in [0.3, 0.4) is 0 Å². The number of nitrogens with zero attached hydrogens (tertiary/aromatic N) is 1. The highest BCUT2D eigenvalue weighted by atomic mass is 19.4. The minimum absolute atomic E-state index is 0.0675. The van der Waals surface area contributed by atoms with Gasteiger partial charge < -0.3 is 14.9 Å². The summed E-state index contributed by atoms with van der Waals surface area (Å²) in [7, 11) is 0. The average molecular weight is 377 g/mol. The minimum atomic E-state index is -4.55. The van der Waals surface area contributed by atoms with Crippen LogP contribution in [0.15, 0.2) is 18.2 Å². The number of aliphatic hydroxyl groups is 2. The third-order valence-corrected chi connectivity index (χ3v) is 5.71. The standard InChI is InChI=1S/C18H23F4NO3/c19-14-9-13(18(20,21)22)2-1-12(14)11-23-5-3-17(4-6-23)15(25)10-16(17)26-8-7-24/h1-2,9,15-16,24-25H,3-8,10-11H2/t15-,16+/m1/s1. The van der Waals surface area contributed by atoms with Gasteiger partial charge in [0.25, 0.3) is 0 Å². The summed E-state index contributed by atoms with van der Waals surface area (Å²) in [5, 5.41) is 19.1. The van der Waals surface area contributed by atoms with Crippen molar-refractivity contribution in [1.29, 1.82) is 0 Å². The van der Waals surface area contributed by atoms with Gasteiger partial charge in [0.1, 0.15) is 5.82 Å². The topological polar surface area (TPSA) is 52.9 Å². The van der Waals surface area contributed by atoms with Gasteiger partial charge >= 0.3 is 6.18 Å². The molecule has 1 aromatic carbocycles. The van der Waals surface area contributed by atoms with Gasteiger partial charge in [-0.3, -0.25) is 4.90 Å². The third kappa shape index (κ3) is 3.74. The number of alkyl halides is 3. The molecule has 1 aromatic rings. The van der Waals surface area contributed by atoms with E-state index >= 15 is 0 Å². The number of hydrogen-bond donors (Lipinski definition) is 2. The molecule has 1 heterocycles. The van der Waals surface area contributed by atoms with E-state index in [0.717, 1.165) is 6.07 Å². The van der Waals surface area contributed by atoms with E-state index in [4.69, 9.17) is 9.84 Å². The van der Waals surface area contributed by atoms with Crippen LogP contribution in [0, 0.1) is 11.2 Å². The Hall–Kier alpha value is -1.22. The molecule has 2 atom stereocenters. The lowest BCUT2D eigenvalue weighted by Crippen LogP contribution is -2.62. The fourth-order valence-corrected chi connectivity index (χ4v) is 4.03. The lowest BCUT2D eigenvalue weighted by molar-refractivity contribution is -0.213. The molecule has 1 spiro atoms. The summed E-state index contributed by atoms with van der Waals surface area (Å²) >= 11 is 0. The molecule has 1 saturated carbocycles. The maximum Gasteiger partial charge on any atom is 0.416 e. The molecule has 2 N–H and O–H groups in total. The summed E-state index contributed by atoms with van der Waals surface area (Å²) in [5.41, 5.74) is -1.08. The molecule has 2 fully saturated rings. The zero-order valence-electron chi connectivity index (χ0n) is 14.3. The van der Waals surface area contributed by atoms with Crippen molar-refractivity contribution in [3.8, 4) is 0 Å². The molecule has 0 unspecified atom stereocenters. The number of likely N-dealkylation sites (tertiary alicyclic amines) is 1. The Morgan fingerprint density at radius 3 is 2.46 bits per heavy atom. The van der Waals surface area contributed by atoms with Gasteiger partial charge in [0.05, 0.1) is 31.0 Å². The Balaban J connectivity index is 1.59. The van der Waals surface area contributed by atoms with E-state index in [1.165, 1.54) is 6.07 Å². The maximum atomic E-state index is 14.0. The Morgan fingerprint density at radius 2 is 1.92 bits per heavy atom. The minimum Gasteiger partial charge on any atom is -0.394 e. The summed E-state index contributed by atoms with van der Waals surface area (Å²) in [6.45, 7) is 1.62. The molecular weight excluding hydrogens is 354 g/mol. The molecule has 0 aromatic heterocycles. The van der Waals surface area contributed by atoms with Crippen LogP contribution >= 0.6 is 0 Å². The van der Waals surface area contributed by atoms with Crippen molar-refractivity contribution in [2.45, 2.75) is 44.2 Å². The summed E-state index contributed by atoms with van der Waals surface area (Å²) < 4.78 is 57.5. The highest BCUT2D eigenvalue weighted by Crippen LogP contribution is 2.51. The van der Waals surface area contributed by atoms with Gasteiger partial charge in [0, 0.05) is 23.9 Å². The lowest BCUT2D eigenvalue weighted by atomic mass is 9.58. The molecule has 0 radical (unpaired) electrons. The van der Waals surface area contributed by atoms with Crippen molar-refractivity contribution < 1.29 is 32.5 Å². The average Bonchev–Trinajstić information content (AvgIpc) is 2.60. The first kappa shape index (κ1) is 19.5. The second-order valence-electron chi connectivity index (χ2n) is 7.15. The van der Waals surface area contributed by atoms with Crippen LogP contribution in [0.2, 0.25) is 0 Å². The summed E-state index contributed by atoms with van der Waals surface area (Å²) in [6.07, 6.45) is -3.20. The number of piperidine rings is 1. The Labute approximate surface area is 149 Å². The molecule has 8 heteroatoms. The molecule has 0 bridgehead atoms. The summed E-state index contributed by atoms with van der Waals surface area (Å²) in [4.78, 5) is 1.98. The number of aliphatic hydroxyl groups excluding tert-OH is 2. The quantitative estimate of drug-likeness (QED) is 0.775. The molecular formula is C18H23F4NO3. The largest absolute Gasteiger partial charge is 0.416 e. The van der Waals surface area contributed by atoms with Gasteiger partial charge in [-0.05, 0) is 38.1 Å². The Bertz CT molecular complexity index is 629. The molecule has 26 heavy (non-hydrogen) atoms. The van der Waals surface area contributed by atoms with E-state index in [1.807, 2.05) is 4.90 Å². The molecule has 2 aliphatic rings. The van der Waals surface area contributed by atoms with E-state index in [1.54, 1.807) is 0 Å². The first-order valence-corrected chi connectivity index (χ1v) is 8.75. The summed E-state index contributed by atoms with van der Waals surface area (Å²) in [5.74, 6) is -0.854. The second kappa shape index (κ2) is 7.42. The zero-order chi connectivity index (χ0) is 18.9. The van der Waals surface area contributed by atoms with Crippen LogP contribution in [0.5, 0.6) is 0 Å². The van der Waals surface area contributed by atoms with E-state index in [0.29, 0.717) is 38.4 Å². The van der Waals surface area contributed by atoms with Crippen LogP contribution in [0.1, 0.15) is 30.4 Å². The fraction of sp³-hybridized carbons (Fsp3) is 0.667. The van der Waals surface area contributed by atoms with Crippen LogP contribution in [-0.2, 0) is 17.5 Å². The predicted octanol–water partition coefficient (Wildman–Crippen LogP) is 2.57. The van der Waals surface area contributed by atoms with Crippen molar-refractivity contribution in [2.24, 2.45) is 5.41 Å². The van der Waals surface area contributed by atoms with Gasteiger partial charge in [-0.1, -0.05) is 6.07 Å². The Morgan fingerprint density at radius 1 is 1.23 bits per heavy atom. The third-order valence-electron chi connectivity index (χ3n) is 5.71. The van der Waals surface area contributed by atoms with Crippen LogP contribution in [0.4, 0.5) is 17.6 Å². The van der Waals surface area contributed by atoms with E-state index in [9.17, 15) is 22.7 Å². The molecule has 146 valence electrons. The SMILES string of the molecule is OCCO[C@H]1C[C@@H](O)C12CCN(Cc1ccc(C(F)(F)F)cc1F)CC2. The van der Waals surface area contributed by atoms with Gasteiger partial charge in [-0.25, -0.2) is 4.39 Å². The highest BCUT2D eigenvalue weighted by molar-refractivity contribution is 5.26. The zero-order valence-corrected chi connectivity index (χ0v) is 14.3. The molecule has 1 aliphatic heterocycles. The molecule has 1 saturated heterocycles. The monoisotopic (exact) mass is 377 g/mol. The fourth-order valence-electron chi connectivity index (χ4n) is 4.03. The van der Waals surface area contributed by atoms with E-state index in [2.05, 4.69) is 0 Å². The van der Waals surface area contributed by atoms with Crippen molar-refractivity contribution >= 4 is 0 Å². The van der Waals surface area contributed by atoms with E-state index in [-0.39, 0.29) is 36.8 Å². The lowest BCUT2D eigenvalue weighted by Gasteiger charge is -2.56. The second-order valence-corrected chi connectivity index (χ2v) is 7.15. The molecule has 1 aliphatic carbocycles. The number of ether oxygens (including phenoxy) is 1.